The second-order valence-electron chi connectivity index (χ2n) is 6.56. The van der Waals surface area contributed by atoms with E-state index in [-0.39, 0.29) is 0 Å². The number of halogens is 1. The van der Waals surface area contributed by atoms with Gasteiger partial charge in [0, 0.05) is 11.1 Å². The maximum atomic E-state index is 10.9. The number of carbonyl (C=O) groups excluding carboxylic acids is 1. The van der Waals surface area contributed by atoms with Crippen molar-refractivity contribution in [3.8, 4) is 22.6 Å². The first-order valence-corrected chi connectivity index (χ1v) is 9.41. The zero-order chi connectivity index (χ0) is 19.8. The molecule has 1 aromatic heterocycles. The number of benzene rings is 3. The monoisotopic (exact) mass is 406 g/mol. The van der Waals surface area contributed by atoms with Gasteiger partial charge >= 0.3 is 0 Å². The minimum Gasteiger partial charge on any atom is -0.486 e. The van der Waals surface area contributed by atoms with E-state index in [2.05, 4.69) is 10.5 Å². The number of anilines is 2. The van der Waals surface area contributed by atoms with E-state index in [0.717, 1.165) is 28.5 Å². The zero-order valence-corrected chi connectivity index (χ0v) is 15.9. The molecule has 0 unspecified atom stereocenters. The van der Waals surface area contributed by atoms with Crippen molar-refractivity contribution in [3.63, 3.8) is 0 Å². The van der Waals surface area contributed by atoms with E-state index < -0.39 is 0 Å². The van der Waals surface area contributed by atoms with Gasteiger partial charge in [-0.1, -0.05) is 41.0 Å². The molecule has 1 aliphatic heterocycles. The van der Waals surface area contributed by atoms with Crippen LogP contribution in [0.5, 0.6) is 11.5 Å². The first-order chi connectivity index (χ1) is 14.2. The molecule has 5 rings (SSSR count). The summed E-state index contributed by atoms with van der Waals surface area (Å²) in [6.45, 7) is 1.07. The van der Waals surface area contributed by atoms with Gasteiger partial charge in [0.25, 0.3) is 0 Å². The molecular weight excluding hydrogens is 392 g/mol. The first kappa shape index (κ1) is 17.6. The number of fused-ring (bicyclic) bond motifs is 2. The lowest BCUT2D eigenvalue weighted by Crippen LogP contribution is -2.15. The van der Waals surface area contributed by atoms with Gasteiger partial charge in [-0.25, -0.2) is 0 Å². The summed E-state index contributed by atoms with van der Waals surface area (Å²) >= 11 is 6.70. The number of hydrogen-bond acceptors (Lipinski definition) is 6. The number of carbonyl (C=O) groups is 1. The summed E-state index contributed by atoms with van der Waals surface area (Å²) in [6, 6.07) is 16.6. The second kappa shape index (κ2) is 7.14. The van der Waals surface area contributed by atoms with Gasteiger partial charge in [-0.2, -0.15) is 0 Å². The Morgan fingerprint density at radius 1 is 1.00 bits per heavy atom. The van der Waals surface area contributed by atoms with Crippen LogP contribution in [0.1, 0.15) is 10.4 Å². The number of nitrogens with one attached hydrogen (secondary N) is 1. The van der Waals surface area contributed by atoms with Crippen LogP contribution in [-0.2, 0) is 0 Å². The highest BCUT2D eigenvalue weighted by molar-refractivity contribution is 6.36. The summed E-state index contributed by atoms with van der Waals surface area (Å²) in [5.74, 6) is 1.96. The lowest BCUT2D eigenvalue weighted by atomic mass is 10.0. The molecule has 3 aromatic carbocycles. The normalized spacial score (nSPS) is 12.7. The zero-order valence-electron chi connectivity index (χ0n) is 15.1. The van der Waals surface area contributed by atoms with Gasteiger partial charge in [-0.3, -0.25) is 4.79 Å². The minimum absolute atomic E-state index is 0.524. The van der Waals surface area contributed by atoms with Crippen LogP contribution in [0.2, 0.25) is 5.02 Å². The fourth-order valence-corrected chi connectivity index (χ4v) is 3.59. The molecule has 0 amide bonds. The van der Waals surface area contributed by atoms with Crippen LogP contribution in [0.15, 0.2) is 59.1 Å². The summed E-state index contributed by atoms with van der Waals surface area (Å²) in [5.41, 5.74) is 3.51. The Morgan fingerprint density at radius 3 is 2.72 bits per heavy atom. The molecule has 0 radical (unpaired) electrons. The highest BCUT2D eigenvalue weighted by atomic mass is 35.5. The van der Waals surface area contributed by atoms with Crippen LogP contribution < -0.4 is 14.8 Å². The number of hydrogen-bond donors (Lipinski definition) is 1. The molecule has 1 aliphatic rings. The van der Waals surface area contributed by atoms with E-state index in [0.29, 0.717) is 46.6 Å². The summed E-state index contributed by atoms with van der Waals surface area (Å²) in [6.07, 6.45) is 0.767. The molecule has 0 spiro atoms. The van der Waals surface area contributed by atoms with Gasteiger partial charge in [0.05, 0.1) is 16.1 Å². The number of ether oxygens (including phenoxy) is 2. The lowest BCUT2D eigenvalue weighted by molar-refractivity contribution is 0.112. The molecule has 144 valence electrons. The van der Waals surface area contributed by atoms with Crippen molar-refractivity contribution < 1.29 is 18.8 Å². The third kappa shape index (κ3) is 3.17. The van der Waals surface area contributed by atoms with E-state index in [9.17, 15) is 4.79 Å². The Hall–Kier alpha value is -3.51. The molecule has 6 nitrogen and oxygen atoms in total. The molecule has 0 saturated carbocycles. The smallest absolute Gasteiger partial charge is 0.181 e. The Kier molecular flexibility index (Phi) is 4.33. The summed E-state index contributed by atoms with van der Waals surface area (Å²) in [5, 5.41) is 8.60. The molecular formula is C22H15ClN2O4. The van der Waals surface area contributed by atoms with E-state index >= 15 is 0 Å². The fraction of sp³-hybridized carbons (Fsp3) is 0.0909. The molecule has 7 heteroatoms. The van der Waals surface area contributed by atoms with Crippen molar-refractivity contribution in [2.75, 3.05) is 18.5 Å². The van der Waals surface area contributed by atoms with Crippen LogP contribution in [-0.4, -0.2) is 24.7 Å². The van der Waals surface area contributed by atoms with Crippen molar-refractivity contribution in [2.24, 2.45) is 0 Å². The van der Waals surface area contributed by atoms with Crippen LogP contribution in [0.3, 0.4) is 0 Å². The molecule has 0 fully saturated rings. The molecule has 1 N–H and O–H groups in total. The summed E-state index contributed by atoms with van der Waals surface area (Å²) in [4.78, 5) is 10.9. The molecule has 4 aromatic rings. The fourth-order valence-electron chi connectivity index (χ4n) is 3.31. The van der Waals surface area contributed by atoms with E-state index in [1.54, 1.807) is 18.2 Å². The maximum absolute atomic E-state index is 10.9. The highest BCUT2D eigenvalue weighted by Gasteiger charge is 2.16. The van der Waals surface area contributed by atoms with Crippen LogP contribution in [0.25, 0.3) is 22.1 Å². The van der Waals surface area contributed by atoms with Crippen molar-refractivity contribution in [2.45, 2.75) is 0 Å². The molecule has 2 heterocycles. The van der Waals surface area contributed by atoms with Crippen LogP contribution in [0, 0.1) is 0 Å². The average Bonchev–Trinajstić information content (AvgIpc) is 3.16. The quantitative estimate of drug-likeness (QED) is 0.452. The lowest BCUT2D eigenvalue weighted by Gasteiger charge is -2.19. The highest BCUT2D eigenvalue weighted by Crippen LogP contribution is 2.40. The van der Waals surface area contributed by atoms with Crippen molar-refractivity contribution in [1.82, 2.24) is 5.16 Å². The molecule has 0 saturated heterocycles. The Bertz CT molecular complexity index is 1230. The van der Waals surface area contributed by atoms with Gasteiger partial charge in [0.15, 0.2) is 22.9 Å². The van der Waals surface area contributed by atoms with Crippen molar-refractivity contribution in [1.29, 1.82) is 0 Å². The van der Waals surface area contributed by atoms with Crippen LogP contribution >= 0.6 is 11.6 Å². The van der Waals surface area contributed by atoms with Crippen LogP contribution in [0.4, 0.5) is 11.5 Å². The van der Waals surface area contributed by atoms with Crippen molar-refractivity contribution in [3.05, 3.63) is 65.2 Å². The first-order valence-electron chi connectivity index (χ1n) is 9.03. The predicted molar refractivity (Wildman–Crippen MR) is 111 cm³/mol. The number of aldehydes is 1. The van der Waals surface area contributed by atoms with E-state index in [1.165, 1.54) is 0 Å². The topological polar surface area (TPSA) is 73.6 Å². The Labute approximate surface area is 171 Å². The van der Waals surface area contributed by atoms with Gasteiger partial charge < -0.3 is 19.3 Å². The SMILES string of the molecule is O=Cc1ccc2c(Nc3cccc(-c4ccc5c(c4)OCCO5)c3Cl)noc2c1. The molecule has 0 bridgehead atoms. The predicted octanol–water partition coefficient (Wildman–Crippen LogP) is 5.48. The number of aromatic nitrogens is 1. The largest absolute Gasteiger partial charge is 0.486 e. The molecule has 29 heavy (non-hydrogen) atoms. The van der Waals surface area contributed by atoms with E-state index in [4.69, 9.17) is 25.6 Å². The maximum Gasteiger partial charge on any atom is 0.181 e. The van der Waals surface area contributed by atoms with Gasteiger partial charge in [0.2, 0.25) is 0 Å². The minimum atomic E-state index is 0.524. The third-order valence-corrected chi connectivity index (χ3v) is 5.14. The van der Waals surface area contributed by atoms with Gasteiger partial charge in [-0.15, -0.1) is 0 Å². The summed E-state index contributed by atoms with van der Waals surface area (Å²) < 4.78 is 16.6. The van der Waals surface area contributed by atoms with E-state index in [1.807, 2.05) is 36.4 Å². The second-order valence-corrected chi connectivity index (χ2v) is 6.93. The van der Waals surface area contributed by atoms with Gasteiger partial charge in [0.1, 0.15) is 19.5 Å². The number of rotatable bonds is 4. The van der Waals surface area contributed by atoms with Gasteiger partial charge in [-0.05, 0) is 35.9 Å². The van der Waals surface area contributed by atoms with Crippen molar-refractivity contribution >= 4 is 40.4 Å². The third-order valence-electron chi connectivity index (χ3n) is 4.74. The molecule has 0 aliphatic carbocycles. The molecule has 0 atom stereocenters. The summed E-state index contributed by atoms with van der Waals surface area (Å²) in [7, 11) is 0. The number of nitrogens with zero attached hydrogens (tertiary/aromatic N) is 1. The Morgan fingerprint density at radius 2 is 1.86 bits per heavy atom. The average molecular weight is 407 g/mol. The standard InChI is InChI=1S/C22H15ClN2O4/c23-21-15(14-5-7-18-20(11-14)28-9-8-27-18)2-1-3-17(21)24-22-16-6-4-13(12-26)10-19(16)29-25-22/h1-7,10-12H,8-9H2,(H,24,25). The Balaban J connectivity index is 1.51.